The topological polar surface area (TPSA) is 24.3 Å². The molecule has 0 atom stereocenters. The molecule has 0 spiro atoms. The van der Waals surface area contributed by atoms with Gasteiger partial charge in [-0.3, -0.25) is 0 Å². The highest BCUT2D eigenvalue weighted by atomic mass is 19.4. The molecule has 7 heteroatoms. The zero-order valence-electron chi connectivity index (χ0n) is 17.0. The van der Waals surface area contributed by atoms with E-state index in [1.54, 1.807) is 6.07 Å². The number of hydrogen-bond donors (Lipinski definition) is 0. The van der Waals surface area contributed by atoms with E-state index in [0.29, 0.717) is 11.4 Å². The molecule has 0 bridgehead atoms. The van der Waals surface area contributed by atoms with Crippen LogP contribution < -0.4 is 9.80 Å². The summed E-state index contributed by atoms with van der Waals surface area (Å²) in [5, 5.41) is 0. The number of anilines is 2. The number of para-hydroxylation sites is 1. The van der Waals surface area contributed by atoms with Crippen molar-refractivity contribution in [1.29, 1.82) is 0 Å². The first-order valence-electron chi connectivity index (χ1n) is 10.5. The van der Waals surface area contributed by atoms with Crippen LogP contribution in [0.15, 0.2) is 42.5 Å². The van der Waals surface area contributed by atoms with Gasteiger partial charge >= 0.3 is 6.18 Å². The quantitative estimate of drug-likeness (QED) is 0.594. The Balaban J connectivity index is 1.44. The predicted octanol–water partition coefficient (Wildman–Crippen LogP) is 5.10. The van der Waals surface area contributed by atoms with Crippen LogP contribution in [0.25, 0.3) is 11.0 Å². The Morgan fingerprint density at radius 2 is 1.67 bits per heavy atom. The maximum Gasteiger partial charge on any atom is 0.416 e. The van der Waals surface area contributed by atoms with E-state index >= 15 is 0 Å². The largest absolute Gasteiger partial charge is 0.416 e. The summed E-state index contributed by atoms with van der Waals surface area (Å²) in [4.78, 5) is 9.28. The summed E-state index contributed by atoms with van der Waals surface area (Å²) in [5.74, 6) is 1.41. The number of alkyl halides is 3. The van der Waals surface area contributed by atoms with Gasteiger partial charge in [0, 0.05) is 38.4 Å². The average molecular weight is 414 g/mol. The summed E-state index contributed by atoms with van der Waals surface area (Å²) in [6.07, 6.45) is -1.99. The molecule has 30 heavy (non-hydrogen) atoms. The summed E-state index contributed by atoms with van der Waals surface area (Å²) >= 11 is 0. The number of hydrogen-bond acceptors (Lipinski definition) is 3. The van der Waals surface area contributed by atoms with Gasteiger partial charge in [0.05, 0.1) is 16.6 Å². The van der Waals surface area contributed by atoms with Gasteiger partial charge in [0.1, 0.15) is 0 Å². The number of halogens is 3. The van der Waals surface area contributed by atoms with Crippen molar-refractivity contribution in [3.05, 3.63) is 53.6 Å². The van der Waals surface area contributed by atoms with Crippen molar-refractivity contribution in [3.8, 4) is 0 Å². The summed E-state index contributed by atoms with van der Waals surface area (Å²) in [6, 6.07) is 12.3. The smallest absolute Gasteiger partial charge is 0.368 e. The van der Waals surface area contributed by atoms with Gasteiger partial charge in [-0.05, 0) is 55.5 Å². The van der Waals surface area contributed by atoms with Gasteiger partial charge in [0.25, 0.3) is 0 Å². The maximum atomic E-state index is 13.2. The highest BCUT2D eigenvalue weighted by Crippen LogP contribution is 2.36. The van der Waals surface area contributed by atoms with Crippen molar-refractivity contribution in [1.82, 2.24) is 9.55 Å². The van der Waals surface area contributed by atoms with Crippen LogP contribution in [-0.2, 0) is 12.7 Å². The Kier molecular flexibility index (Phi) is 4.64. The Morgan fingerprint density at radius 1 is 0.967 bits per heavy atom. The number of piperazine rings is 1. The summed E-state index contributed by atoms with van der Waals surface area (Å²) in [5.41, 5.74) is 3.10. The van der Waals surface area contributed by atoms with Crippen LogP contribution in [0.3, 0.4) is 0 Å². The Labute approximate surface area is 173 Å². The van der Waals surface area contributed by atoms with E-state index in [0.717, 1.165) is 44.2 Å². The van der Waals surface area contributed by atoms with Gasteiger partial charge in [-0.2, -0.15) is 13.2 Å². The first kappa shape index (κ1) is 19.3. The third kappa shape index (κ3) is 3.61. The summed E-state index contributed by atoms with van der Waals surface area (Å²) in [7, 11) is 0. The van der Waals surface area contributed by atoms with Gasteiger partial charge in [0.2, 0.25) is 5.95 Å². The van der Waals surface area contributed by atoms with Crippen LogP contribution in [0.1, 0.15) is 24.0 Å². The molecule has 1 aromatic heterocycles. The number of rotatable bonds is 4. The van der Waals surface area contributed by atoms with Gasteiger partial charge in [-0.15, -0.1) is 0 Å². The molecule has 2 fully saturated rings. The van der Waals surface area contributed by atoms with Gasteiger partial charge in [-0.1, -0.05) is 18.2 Å². The standard InChI is InChI=1S/C23H25F3N4/c1-16-4-2-3-5-20(16)28-10-12-29(13-11-28)22-27-19-14-18(23(24,25)26)8-9-21(19)30(22)15-17-6-7-17/h2-5,8-9,14,17H,6-7,10-13,15H2,1H3. The Hall–Kier alpha value is -2.70. The van der Waals surface area contributed by atoms with E-state index in [1.807, 2.05) is 6.07 Å². The van der Waals surface area contributed by atoms with E-state index < -0.39 is 11.7 Å². The molecule has 1 aliphatic heterocycles. The second-order valence-electron chi connectivity index (χ2n) is 8.43. The first-order valence-corrected chi connectivity index (χ1v) is 10.5. The molecule has 1 aliphatic carbocycles. The van der Waals surface area contributed by atoms with Crippen LogP contribution in [0.2, 0.25) is 0 Å². The number of benzene rings is 2. The second-order valence-corrected chi connectivity index (χ2v) is 8.43. The number of aryl methyl sites for hydroxylation is 1. The van der Waals surface area contributed by atoms with Gasteiger partial charge in [0.15, 0.2) is 0 Å². The Bertz CT molecular complexity index is 1060. The highest BCUT2D eigenvalue weighted by molar-refractivity contribution is 5.80. The van der Waals surface area contributed by atoms with Crippen LogP contribution in [0.4, 0.5) is 24.8 Å². The van der Waals surface area contributed by atoms with E-state index in [-0.39, 0.29) is 0 Å². The van der Waals surface area contributed by atoms with Gasteiger partial charge in [-0.25, -0.2) is 4.98 Å². The number of aromatic nitrogens is 2. The van der Waals surface area contributed by atoms with Crippen molar-refractivity contribution < 1.29 is 13.2 Å². The van der Waals surface area contributed by atoms with Crippen molar-refractivity contribution in [2.24, 2.45) is 5.92 Å². The van der Waals surface area contributed by atoms with Gasteiger partial charge < -0.3 is 14.4 Å². The predicted molar refractivity (Wildman–Crippen MR) is 113 cm³/mol. The second kappa shape index (κ2) is 7.22. The molecule has 4 nitrogen and oxygen atoms in total. The monoisotopic (exact) mass is 414 g/mol. The number of fused-ring (bicyclic) bond motifs is 1. The molecule has 0 N–H and O–H groups in total. The van der Waals surface area contributed by atoms with Crippen molar-refractivity contribution >= 4 is 22.7 Å². The fraction of sp³-hybridized carbons (Fsp3) is 0.435. The van der Waals surface area contributed by atoms with E-state index in [2.05, 4.69) is 44.5 Å². The van der Waals surface area contributed by atoms with Crippen LogP contribution in [-0.4, -0.2) is 35.7 Å². The number of nitrogens with zero attached hydrogens (tertiary/aromatic N) is 4. The minimum Gasteiger partial charge on any atom is -0.368 e. The van der Waals surface area contributed by atoms with E-state index in [1.165, 1.54) is 36.2 Å². The van der Waals surface area contributed by atoms with E-state index in [4.69, 9.17) is 0 Å². The molecule has 0 amide bonds. The molecule has 158 valence electrons. The SMILES string of the molecule is Cc1ccccc1N1CCN(c2nc3cc(C(F)(F)F)ccc3n2CC2CC2)CC1. The molecule has 1 saturated carbocycles. The minimum atomic E-state index is -4.35. The summed E-state index contributed by atoms with van der Waals surface area (Å²) in [6.45, 7) is 6.28. The van der Waals surface area contributed by atoms with Crippen molar-refractivity contribution in [2.45, 2.75) is 32.5 Å². The Morgan fingerprint density at radius 3 is 2.33 bits per heavy atom. The third-order valence-electron chi connectivity index (χ3n) is 6.21. The lowest BCUT2D eigenvalue weighted by molar-refractivity contribution is -0.137. The van der Waals surface area contributed by atoms with E-state index in [9.17, 15) is 13.2 Å². The van der Waals surface area contributed by atoms with Crippen molar-refractivity contribution in [2.75, 3.05) is 36.0 Å². The summed E-state index contributed by atoms with van der Waals surface area (Å²) < 4.78 is 41.7. The lowest BCUT2D eigenvalue weighted by Gasteiger charge is -2.37. The lowest BCUT2D eigenvalue weighted by atomic mass is 10.1. The fourth-order valence-electron chi connectivity index (χ4n) is 4.34. The normalized spacial score (nSPS) is 17.7. The fourth-order valence-corrected chi connectivity index (χ4v) is 4.34. The highest BCUT2D eigenvalue weighted by Gasteiger charge is 2.32. The molecule has 1 saturated heterocycles. The van der Waals surface area contributed by atoms with Crippen molar-refractivity contribution in [3.63, 3.8) is 0 Å². The molecule has 0 unspecified atom stereocenters. The molecule has 2 aliphatic rings. The maximum absolute atomic E-state index is 13.2. The lowest BCUT2D eigenvalue weighted by Crippen LogP contribution is -2.47. The molecular formula is C23H25F3N4. The number of imidazole rings is 1. The molecule has 5 rings (SSSR count). The molecular weight excluding hydrogens is 389 g/mol. The van der Waals surface area contributed by atoms with Crippen LogP contribution in [0, 0.1) is 12.8 Å². The van der Waals surface area contributed by atoms with Crippen LogP contribution in [0.5, 0.6) is 0 Å². The third-order valence-corrected chi connectivity index (χ3v) is 6.21. The molecule has 2 aromatic carbocycles. The molecule has 2 heterocycles. The first-order chi connectivity index (χ1) is 14.4. The van der Waals surface area contributed by atoms with Crippen LogP contribution >= 0.6 is 0 Å². The zero-order chi connectivity index (χ0) is 20.9. The molecule has 3 aromatic rings. The zero-order valence-corrected chi connectivity index (χ0v) is 17.0. The minimum absolute atomic E-state index is 0.432. The molecule has 0 radical (unpaired) electrons. The average Bonchev–Trinajstić information content (AvgIpc) is 3.48.